The van der Waals surface area contributed by atoms with Crippen LogP contribution in [0.2, 0.25) is 0 Å². The lowest BCUT2D eigenvalue weighted by atomic mass is 9.73. The van der Waals surface area contributed by atoms with Crippen molar-refractivity contribution < 1.29 is 4.79 Å². The molecule has 1 amide bonds. The highest BCUT2D eigenvalue weighted by Crippen LogP contribution is 2.42. The summed E-state index contributed by atoms with van der Waals surface area (Å²) in [6.45, 7) is 2.06. The summed E-state index contributed by atoms with van der Waals surface area (Å²) in [6.07, 6.45) is 12.2. The summed E-state index contributed by atoms with van der Waals surface area (Å²) in [5.74, 6) is 2.09. The Bertz CT molecular complexity index is 366. The number of nitrogens with two attached hydrogens (primary N) is 1. The van der Waals surface area contributed by atoms with Gasteiger partial charge in [0.1, 0.15) is 0 Å². The van der Waals surface area contributed by atoms with Crippen molar-refractivity contribution in [3.63, 3.8) is 0 Å². The lowest BCUT2D eigenvalue weighted by molar-refractivity contribution is -0.129. The zero-order valence-corrected chi connectivity index (χ0v) is 12.9. The van der Waals surface area contributed by atoms with Crippen molar-refractivity contribution in [2.45, 2.75) is 82.7 Å². The number of carbonyl (C=O) groups is 1. The van der Waals surface area contributed by atoms with E-state index in [1.165, 1.54) is 44.9 Å². The van der Waals surface area contributed by atoms with Crippen molar-refractivity contribution in [3.05, 3.63) is 0 Å². The molecule has 3 rings (SSSR count). The molecule has 0 saturated heterocycles. The molecule has 3 aliphatic rings. The van der Waals surface area contributed by atoms with Crippen LogP contribution in [0.4, 0.5) is 0 Å². The number of amides is 1. The third-order valence-corrected chi connectivity index (χ3v) is 6.21. The van der Waals surface area contributed by atoms with Crippen LogP contribution in [0.3, 0.4) is 0 Å². The van der Waals surface area contributed by atoms with Gasteiger partial charge in [-0.3, -0.25) is 4.79 Å². The first kappa shape index (κ1) is 14.4. The molecule has 3 aliphatic carbocycles. The predicted octanol–water partition coefficient (Wildman–Crippen LogP) is 2.98. The van der Waals surface area contributed by atoms with Gasteiger partial charge in [-0.1, -0.05) is 32.1 Å². The molecule has 0 bridgehead atoms. The molecule has 0 aromatic carbocycles. The largest absolute Gasteiger partial charge is 0.353 e. The minimum absolute atomic E-state index is 0.0255. The molecule has 3 nitrogen and oxygen atoms in total. The average molecular weight is 278 g/mol. The van der Waals surface area contributed by atoms with Gasteiger partial charge in [-0.25, -0.2) is 0 Å². The van der Waals surface area contributed by atoms with Crippen molar-refractivity contribution in [1.82, 2.24) is 5.32 Å². The Morgan fingerprint density at radius 3 is 2.65 bits per heavy atom. The molecule has 3 heteroatoms. The van der Waals surface area contributed by atoms with Crippen LogP contribution >= 0.6 is 0 Å². The van der Waals surface area contributed by atoms with Crippen LogP contribution in [0, 0.1) is 17.8 Å². The Morgan fingerprint density at radius 2 is 1.85 bits per heavy atom. The fourth-order valence-corrected chi connectivity index (χ4v) is 4.92. The van der Waals surface area contributed by atoms with Crippen molar-refractivity contribution >= 4 is 5.91 Å². The second-order valence-corrected chi connectivity index (χ2v) is 7.77. The Morgan fingerprint density at radius 1 is 1.05 bits per heavy atom. The highest BCUT2D eigenvalue weighted by atomic mass is 16.2. The highest BCUT2D eigenvalue weighted by Gasteiger charge is 2.40. The number of rotatable bonds is 2. The molecule has 114 valence electrons. The maximum Gasteiger partial charge on any atom is 0.225 e. The van der Waals surface area contributed by atoms with Crippen molar-refractivity contribution in [3.8, 4) is 0 Å². The topological polar surface area (TPSA) is 55.1 Å². The van der Waals surface area contributed by atoms with Crippen LogP contribution < -0.4 is 11.1 Å². The van der Waals surface area contributed by atoms with Crippen LogP contribution in [0.25, 0.3) is 0 Å². The van der Waals surface area contributed by atoms with E-state index in [2.05, 4.69) is 12.2 Å². The van der Waals surface area contributed by atoms with Crippen LogP contribution in [0.5, 0.6) is 0 Å². The number of hydrogen-bond acceptors (Lipinski definition) is 2. The zero-order chi connectivity index (χ0) is 14.2. The standard InChI is InChI=1S/C17H30N2O/c1-17(18)10-3-2-7-15(17)16(20)19-14-9-8-12-5-4-6-13(12)11-14/h12-15H,2-11,18H2,1H3,(H,19,20). The SMILES string of the molecule is CC1(N)CCCCC1C(=O)NC1CCC2CCCC2C1. The molecule has 0 aromatic rings. The van der Waals surface area contributed by atoms with Crippen LogP contribution in [-0.2, 0) is 4.79 Å². The van der Waals surface area contributed by atoms with Gasteiger partial charge in [-0.15, -0.1) is 0 Å². The molecule has 20 heavy (non-hydrogen) atoms. The predicted molar refractivity (Wildman–Crippen MR) is 81.2 cm³/mol. The fourth-order valence-electron chi connectivity index (χ4n) is 4.92. The Hall–Kier alpha value is -0.570. The molecular formula is C17H30N2O. The molecule has 0 aromatic heterocycles. The van der Waals surface area contributed by atoms with Crippen molar-refractivity contribution in [2.24, 2.45) is 23.5 Å². The minimum atomic E-state index is -0.299. The van der Waals surface area contributed by atoms with E-state index in [1.54, 1.807) is 0 Å². The number of fused-ring (bicyclic) bond motifs is 1. The molecule has 0 aliphatic heterocycles. The molecule has 0 heterocycles. The fraction of sp³-hybridized carbons (Fsp3) is 0.941. The van der Waals surface area contributed by atoms with Gasteiger partial charge in [0, 0.05) is 11.6 Å². The van der Waals surface area contributed by atoms with Crippen molar-refractivity contribution in [2.75, 3.05) is 0 Å². The van der Waals surface area contributed by atoms with Gasteiger partial charge in [0.05, 0.1) is 5.92 Å². The Labute approximate surface area is 123 Å². The van der Waals surface area contributed by atoms with Gasteiger partial charge < -0.3 is 11.1 Å². The summed E-state index contributed by atoms with van der Waals surface area (Å²) >= 11 is 0. The number of carbonyl (C=O) groups excluding carboxylic acids is 1. The third-order valence-electron chi connectivity index (χ3n) is 6.21. The maximum atomic E-state index is 12.6. The van der Waals surface area contributed by atoms with Gasteiger partial charge >= 0.3 is 0 Å². The molecule has 3 fully saturated rings. The number of hydrogen-bond donors (Lipinski definition) is 2. The van der Waals surface area contributed by atoms with Crippen LogP contribution in [0.15, 0.2) is 0 Å². The molecular weight excluding hydrogens is 248 g/mol. The molecule has 5 unspecified atom stereocenters. The molecule has 5 atom stereocenters. The zero-order valence-electron chi connectivity index (χ0n) is 12.9. The smallest absolute Gasteiger partial charge is 0.225 e. The van der Waals surface area contributed by atoms with Gasteiger partial charge in [-0.2, -0.15) is 0 Å². The summed E-state index contributed by atoms with van der Waals surface area (Å²) in [5.41, 5.74) is 6.05. The third kappa shape index (κ3) is 2.88. The lowest BCUT2D eigenvalue weighted by Crippen LogP contribution is -2.54. The molecule has 0 spiro atoms. The average Bonchev–Trinajstić information content (AvgIpc) is 2.85. The second kappa shape index (κ2) is 5.67. The van der Waals surface area contributed by atoms with Gasteiger partial charge in [0.25, 0.3) is 0 Å². The summed E-state index contributed by atoms with van der Waals surface area (Å²) in [4.78, 5) is 12.6. The van der Waals surface area contributed by atoms with E-state index >= 15 is 0 Å². The highest BCUT2D eigenvalue weighted by molar-refractivity contribution is 5.80. The normalized spacial score (nSPS) is 44.9. The molecule has 0 radical (unpaired) electrons. The summed E-state index contributed by atoms with van der Waals surface area (Å²) in [5, 5.41) is 3.34. The van der Waals surface area contributed by atoms with Gasteiger partial charge in [0.2, 0.25) is 5.91 Å². The van der Waals surface area contributed by atoms with Crippen LogP contribution in [-0.4, -0.2) is 17.5 Å². The van der Waals surface area contributed by atoms with E-state index in [0.717, 1.165) is 31.1 Å². The first-order valence-electron chi connectivity index (χ1n) is 8.65. The lowest BCUT2D eigenvalue weighted by Gasteiger charge is -2.39. The van der Waals surface area contributed by atoms with Crippen LogP contribution in [0.1, 0.15) is 71.1 Å². The van der Waals surface area contributed by atoms with E-state index < -0.39 is 0 Å². The van der Waals surface area contributed by atoms with Gasteiger partial charge in [-0.05, 0) is 50.9 Å². The second-order valence-electron chi connectivity index (χ2n) is 7.77. The molecule has 3 N–H and O–H groups in total. The quantitative estimate of drug-likeness (QED) is 0.816. The van der Waals surface area contributed by atoms with Crippen molar-refractivity contribution in [1.29, 1.82) is 0 Å². The van der Waals surface area contributed by atoms with E-state index in [9.17, 15) is 4.79 Å². The Kier molecular flexibility index (Phi) is 4.07. The first-order valence-corrected chi connectivity index (χ1v) is 8.65. The summed E-state index contributed by atoms with van der Waals surface area (Å²) < 4.78 is 0. The maximum absolute atomic E-state index is 12.6. The monoisotopic (exact) mass is 278 g/mol. The Balaban J connectivity index is 1.56. The first-order chi connectivity index (χ1) is 9.56. The summed E-state index contributed by atoms with van der Waals surface area (Å²) in [7, 11) is 0. The van der Waals surface area contributed by atoms with E-state index in [1.807, 2.05) is 0 Å². The molecule has 3 saturated carbocycles. The van der Waals surface area contributed by atoms with E-state index in [0.29, 0.717) is 6.04 Å². The minimum Gasteiger partial charge on any atom is -0.353 e. The summed E-state index contributed by atoms with van der Waals surface area (Å²) in [6, 6.07) is 0.416. The van der Waals surface area contributed by atoms with E-state index in [-0.39, 0.29) is 17.4 Å². The van der Waals surface area contributed by atoms with E-state index in [4.69, 9.17) is 5.73 Å². The number of nitrogens with one attached hydrogen (secondary N) is 1. The van der Waals surface area contributed by atoms with Gasteiger partial charge in [0.15, 0.2) is 0 Å².